The summed E-state index contributed by atoms with van der Waals surface area (Å²) in [4.78, 5) is 25.1. The number of nitrogens with zero attached hydrogens (tertiary/aromatic N) is 1. The van der Waals surface area contributed by atoms with Crippen LogP contribution in [0.1, 0.15) is 39.5 Å². The zero-order valence-electron chi connectivity index (χ0n) is 11.9. The fraction of sp³-hybridized carbons (Fsp3) is 0.600. The van der Waals surface area contributed by atoms with Crippen LogP contribution in [-0.4, -0.2) is 35.8 Å². The highest BCUT2D eigenvalue weighted by atomic mass is 16.2. The van der Waals surface area contributed by atoms with Crippen LogP contribution in [0.25, 0.3) is 0 Å². The lowest BCUT2D eigenvalue weighted by Gasteiger charge is -2.35. The van der Waals surface area contributed by atoms with Crippen molar-refractivity contribution in [2.45, 2.75) is 45.6 Å². The Morgan fingerprint density at radius 3 is 2.74 bits per heavy atom. The number of likely N-dealkylation sites (tertiary alicyclic amines) is 1. The molecule has 0 aromatic rings. The van der Waals surface area contributed by atoms with Crippen molar-refractivity contribution < 1.29 is 9.59 Å². The molecule has 0 aromatic carbocycles. The van der Waals surface area contributed by atoms with E-state index in [-0.39, 0.29) is 17.9 Å². The van der Waals surface area contributed by atoms with Crippen LogP contribution in [0.2, 0.25) is 0 Å². The normalized spacial score (nSPS) is 20.0. The Balaban J connectivity index is 2.57. The first-order valence-electron chi connectivity index (χ1n) is 6.87. The second kappa shape index (κ2) is 7.77. The van der Waals surface area contributed by atoms with Gasteiger partial charge in [0.15, 0.2) is 0 Å². The van der Waals surface area contributed by atoms with Gasteiger partial charge in [-0.15, -0.1) is 0 Å². The molecule has 4 nitrogen and oxygen atoms in total. The molecule has 0 aromatic heterocycles. The first kappa shape index (κ1) is 15.5. The van der Waals surface area contributed by atoms with Crippen LogP contribution in [0.3, 0.4) is 0 Å². The highest BCUT2D eigenvalue weighted by Gasteiger charge is 2.25. The smallest absolute Gasteiger partial charge is 0.226 e. The summed E-state index contributed by atoms with van der Waals surface area (Å²) in [6, 6.07) is 0.141. The highest BCUT2D eigenvalue weighted by Crippen LogP contribution is 2.18. The molecule has 1 atom stereocenters. The maximum atomic E-state index is 12.2. The largest absolute Gasteiger partial charge is 0.354 e. The summed E-state index contributed by atoms with van der Waals surface area (Å²) in [5, 5.41) is 2.81. The summed E-state index contributed by atoms with van der Waals surface area (Å²) in [5.74, 6) is 0.0941. The average Bonchev–Trinajstić information content (AvgIpc) is 2.42. The molecule has 2 amide bonds. The van der Waals surface area contributed by atoms with Gasteiger partial charge in [0.2, 0.25) is 11.8 Å². The molecule has 1 N–H and O–H groups in total. The fourth-order valence-electron chi connectivity index (χ4n) is 2.25. The van der Waals surface area contributed by atoms with Gasteiger partial charge in [-0.05, 0) is 26.2 Å². The molecular weight excluding hydrogens is 240 g/mol. The second-order valence-corrected chi connectivity index (χ2v) is 5.03. The van der Waals surface area contributed by atoms with Crippen LogP contribution >= 0.6 is 0 Å². The van der Waals surface area contributed by atoms with Crippen LogP contribution in [0.15, 0.2) is 24.3 Å². The van der Waals surface area contributed by atoms with Gasteiger partial charge in [-0.2, -0.15) is 0 Å². The number of hydrogen-bond donors (Lipinski definition) is 1. The van der Waals surface area contributed by atoms with E-state index in [4.69, 9.17) is 0 Å². The molecule has 106 valence electrons. The van der Waals surface area contributed by atoms with Gasteiger partial charge in [0, 0.05) is 32.5 Å². The van der Waals surface area contributed by atoms with E-state index in [2.05, 4.69) is 11.9 Å². The number of carbonyl (C=O) groups excluding carboxylic acids is 2. The zero-order chi connectivity index (χ0) is 14.3. The summed E-state index contributed by atoms with van der Waals surface area (Å²) >= 11 is 0. The Bertz CT molecular complexity index is 374. The van der Waals surface area contributed by atoms with Crippen LogP contribution in [-0.2, 0) is 9.59 Å². The summed E-state index contributed by atoms with van der Waals surface area (Å²) in [7, 11) is 0. The molecule has 0 radical (unpaired) electrons. The molecule has 0 saturated carbocycles. The first-order chi connectivity index (χ1) is 9.04. The minimum atomic E-state index is -0.0413. The number of piperidine rings is 1. The molecule has 19 heavy (non-hydrogen) atoms. The minimum absolute atomic E-state index is 0.0413. The summed E-state index contributed by atoms with van der Waals surface area (Å²) in [6.07, 6.45) is 7.20. The van der Waals surface area contributed by atoms with Crippen molar-refractivity contribution in [3.8, 4) is 0 Å². The number of rotatable bonds is 5. The Morgan fingerprint density at radius 1 is 1.37 bits per heavy atom. The van der Waals surface area contributed by atoms with Gasteiger partial charge in [0.1, 0.15) is 0 Å². The predicted octanol–water partition coefficient (Wildman–Crippen LogP) is 2.03. The molecule has 0 spiro atoms. The fourth-order valence-corrected chi connectivity index (χ4v) is 2.25. The molecule has 1 rings (SSSR count). The Labute approximate surface area is 115 Å². The Kier molecular flexibility index (Phi) is 6.33. The lowest BCUT2D eigenvalue weighted by Crippen LogP contribution is -2.49. The van der Waals surface area contributed by atoms with Crippen molar-refractivity contribution in [2.75, 3.05) is 13.1 Å². The summed E-state index contributed by atoms with van der Waals surface area (Å²) < 4.78 is 0. The van der Waals surface area contributed by atoms with E-state index in [0.717, 1.165) is 31.4 Å². The van der Waals surface area contributed by atoms with Gasteiger partial charge in [-0.3, -0.25) is 9.59 Å². The van der Waals surface area contributed by atoms with Crippen molar-refractivity contribution in [3.63, 3.8) is 0 Å². The van der Waals surface area contributed by atoms with Gasteiger partial charge in [-0.1, -0.05) is 24.3 Å². The van der Waals surface area contributed by atoms with Crippen LogP contribution in [0, 0.1) is 0 Å². The van der Waals surface area contributed by atoms with Crippen molar-refractivity contribution in [2.24, 2.45) is 0 Å². The van der Waals surface area contributed by atoms with E-state index < -0.39 is 0 Å². The molecule has 1 aliphatic rings. The van der Waals surface area contributed by atoms with E-state index in [1.54, 1.807) is 6.08 Å². The Hall–Kier alpha value is -1.58. The molecule has 4 heteroatoms. The monoisotopic (exact) mass is 264 g/mol. The lowest BCUT2D eigenvalue weighted by atomic mass is 10.0. The Morgan fingerprint density at radius 2 is 2.11 bits per heavy atom. The maximum absolute atomic E-state index is 12.2. The highest BCUT2D eigenvalue weighted by molar-refractivity contribution is 5.78. The van der Waals surface area contributed by atoms with Crippen molar-refractivity contribution >= 4 is 11.8 Å². The predicted molar refractivity (Wildman–Crippen MR) is 76.6 cm³/mol. The molecule has 0 bridgehead atoms. The molecule has 1 saturated heterocycles. The third-order valence-electron chi connectivity index (χ3n) is 3.45. The lowest BCUT2D eigenvalue weighted by molar-refractivity contribution is -0.134. The molecule has 1 aliphatic heterocycles. The number of carbonyl (C=O) groups is 2. The third-order valence-corrected chi connectivity index (χ3v) is 3.45. The standard InChI is InChI=1S/C15H24N2O2/c1-4-12(2)8-9-15(19)17-10-6-5-7-14(17)11-16-13(3)18/h4,8,14H,1,5-7,9-11H2,2-3H3,(H,16,18)/b12-8+. The molecule has 1 heterocycles. The quantitative estimate of drug-likeness (QED) is 0.772. The number of allylic oxidation sites excluding steroid dienone is 2. The third kappa shape index (κ3) is 5.28. The van der Waals surface area contributed by atoms with Gasteiger partial charge < -0.3 is 10.2 Å². The van der Waals surface area contributed by atoms with Gasteiger partial charge in [-0.25, -0.2) is 0 Å². The van der Waals surface area contributed by atoms with E-state index in [9.17, 15) is 9.59 Å². The van der Waals surface area contributed by atoms with Crippen LogP contribution in [0.5, 0.6) is 0 Å². The van der Waals surface area contributed by atoms with Crippen LogP contribution in [0.4, 0.5) is 0 Å². The van der Waals surface area contributed by atoms with Gasteiger partial charge in [0.25, 0.3) is 0 Å². The SMILES string of the molecule is C=C/C(C)=C/CC(=O)N1CCCCC1CNC(C)=O. The molecule has 1 fully saturated rings. The summed E-state index contributed by atoms with van der Waals surface area (Å²) in [5.41, 5.74) is 1.02. The minimum Gasteiger partial charge on any atom is -0.354 e. The summed E-state index contributed by atoms with van der Waals surface area (Å²) in [6.45, 7) is 8.47. The molecular formula is C15H24N2O2. The number of amides is 2. The van der Waals surface area contributed by atoms with E-state index >= 15 is 0 Å². The van der Waals surface area contributed by atoms with E-state index in [0.29, 0.717) is 13.0 Å². The van der Waals surface area contributed by atoms with E-state index in [1.165, 1.54) is 6.92 Å². The molecule has 0 aliphatic carbocycles. The maximum Gasteiger partial charge on any atom is 0.226 e. The van der Waals surface area contributed by atoms with Crippen LogP contribution < -0.4 is 5.32 Å². The number of hydrogen-bond acceptors (Lipinski definition) is 2. The topological polar surface area (TPSA) is 49.4 Å². The second-order valence-electron chi connectivity index (χ2n) is 5.03. The van der Waals surface area contributed by atoms with Gasteiger partial charge in [0.05, 0.1) is 0 Å². The van der Waals surface area contributed by atoms with Crippen molar-refractivity contribution in [1.29, 1.82) is 0 Å². The number of nitrogens with one attached hydrogen (secondary N) is 1. The zero-order valence-corrected chi connectivity index (χ0v) is 11.9. The first-order valence-corrected chi connectivity index (χ1v) is 6.87. The van der Waals surface area contributed by atoms with Crippen molar-refractivity contribution in [3.05, 3.63) is 24.3 Å². The van der Waals surface area contributed by atoms with Gasteiger partial charge >= 0.3 is 0 Å². The van der Waals surface area contributed by atoms with E-state index in [1.807, 2.05) is 17.9 Å². The average molecular weight is 264 g/mol. The van der Waals surface area contributed by atoms with Crippen molar-refractivity contribution in [1.82, 2.24) is 10.2 Å². The molecule has 1 unspecified atom stereocenters.